The maximum Gasteiger partial charge on any atom is 0.272 e. The van der Waals surface area contributed by atoms with E-state index < -0.39 is 0 Å². The first-order valence-corrected chi connectivity index (χ1v) is 5.71. The summed E-state index contributed by atoms with van der Waals surface area (Å²) in [6.07, 6.45) is 0.530. The fourth-order valence-corrected chi connectivity index (χ4v) is 2.24. The van der Waals surface area contributed by atoms with Gasteiger partial charge in [-0.05, 0) is 18.9 Å². The largest absolute Gasteiger partial charge is 0.392 e. The van der Waals surface area contributed by atoms with Crippen LogP contribution in [0.5, 0.6) is 0 Å². The monoisotopic (exact) mass is 236 g/mol. The van der Waals surface area contributed by atoms with Crippen LogP contribution in [0.2, 0.25) is 0 Å². The molecule has 92 valence electrons. The standard InChI is InChI=1S/C12H16N2O3/c1-9-10(3-2-4-12(9)14(16)17)7-13-6-5-11(15)8-13/h2-4,11,15H,5-8H2,1H3/t11-/m1/s1. The molecule has 1 aliphatic heterocycles. The summed E-state index contributed by atoms with van der Waals surface area (Å²) in [5.74, 6) is 0. The van der Waals surface area contributed by atoms with Gasteiger partial charge in [0.05, 0.1) is 11.0 Å². The Morgan fingerprint density at radius 2 is 2.35 bits per heavy atom. The third-order valence-electron chi connectivity index (χ3n) is 3.26. The van der Waals surface area contributed by atoms with Crippen LogP contribution in [-0.4, -0.2) is 34.1 Å². The zero-order valence-corrected chi connectivity index (χ0v) is 9.80. The molecule has 1 saturated heterocycles. The molecule has 5 nitrogen and oxygen atoms in total. The SMILES string of the molecule is Cc1c(CN2CC[C@@H](O)C2)cccc1[N+](=O)[O-]. The van der Waals surface area contributed by atoms with E-state index in [0.29, 0.717) is 13.1 Å². The van der Waals surface area contributed by atoms with E-state index in [2.05, 4.69) is 4.90 Å². The van der Waals surface area contributed by atoms with E-state index in [4.69, 9.17) is 0 Å². The van der Waals surface area contributed by atoms with Crippen molar-refractivity contribution in [2.75, 3.05) is 13.1 Å². The smallest absolute Gasteiger partial charge is 0.272 e. The van der Waals surface area contributed by atoms with Gasteiger partial charge in [-0.3, -0.25) is 15.0 Å². The number of rotatable bonds is 3. The molecule has 0 aliphatic carbocycles. The number of nitro groups is 1. The Balaban J connectivity index is 2.16. The minimum Gasteiger partial charge on any atom is -0.392 e. The van der Waals surface area contributed by atoms with Crippen molar-refractivity contribution in [3.63, 3.8) is 0 Å². The summed E-state index contributed by atoms with van der Waals surface area (Å²) >= 11 is 0. The summed E-state index contributed by atoms with van der Waals surface area (Å²) in [6.45, 7) is 3.95. The van der Waals surface area contributed by atoms with Crippen molar-refractivity contribution in [1.82, 2.24) is 4.90 Å². The van der Waals surface area contributed by atoms with E-state index in [-0.39, 0.29) is 16.7 Å². The Morgan fingerprint density at radius 3 is 2.94 bits per heavy atom. The van der Waals surface area contributed by atoms with Gasteiger partial charge in [0.1, 0.15) is 0 Å². The van der Waals surface area contributed by atoms with Crippen LogP contribution in [0.3, 0.4) is 0 Å². The number of nitro benzene ring substituents is 1. The van der Waals surface area contributed by atoms with Crippen LogP contribution in [0.4, 0.5) is 5.69 Å². The highest BCUT2D eigenvalue weighted by atomic mass is 16.6. The molecule has 1 aromatic carbocycles. The third-order valence-corrected chi connectivity index (χ3v) is 3.26. The summed E-state index contributed by atoms with van der Waals surface area (Å²) in [7, 11) is 0. The van der Waals surface area contributed by atoms with E-state index in [0.717, 1.165) is 24.1 Å². The third kappa shape index (κ3) is 2.62. The summed E-state index contributed by atoms with van der Waals surface area (Å²) in [5.41, 5.74) is 1.86. The lowest BCUT2D eigenvalue weighted by atomic mass is 10.1. The second-order valence-corrected chi connectivity index (χ2v) is 4.50. The van der Waals surface area contributed by atoms with Gasteiger partial charge < -0.3 is 5.11 Å². The van der Waals surface area contributed by atoms with Crippen molar-refractivity contribution in [2.45, 2.75) is 26.0 Å². The molecule has 5 heteroatoms. The number of hydrogen-bond acceptors (Lipinski definition) is 4. The maximum atomic E-state index is 10.8. The van der Waals surface area contributed by atoms with Crippen LogP contribution in [0.1, 0.15) is 17.5 Å². The zero-order valence-electron chi connectivity index (χ0n) is 9.80. The number of likely N-dealkylation sites (tertiary alicyclic amines) is 1. The van der Waals surface area contributed by atoms with Gasteiger partial charge in [0.2, 0.25) is 0 Å². The van der Waals surface area contributed by atoms with Gasteiger partial charge in [0, 0.05) is 31.3 Å². The normalized spacial score (nSPS) is 20.7. The molecule has 0 bridgehead atoms. The van der Waals surface area contributed by atoms with Crippen molar-refractivity contribution in [2.24, 2.45) is 0 Å². The average molecular weight is 236 g/mol. The molecule has 0 unspecified atom stereocenters. The van der Waals surface area contributed by atoms with Crippen molar-refractivity contribution < 1.29 is 10.0 Å². The summed E-state index contributed by atoms with van der Waals surface area (Å²) in [4.78, 5) is 12.6. The second kappa shape index (κ2) is 4.81. The number of nitrogens with zero attached hydrogens (tertiary/aromatic N) is 2. The van der Waals surface area contributed by atoms with Crippen molar-refractivity contribution >= 4 is 5.69 Å². The molecule has 0 aromatic heterocycles. The van der Waals surface area contributed by atoms with Gasteiger partial charge in [-0.2, -0.15) is 0 Å². The molecule has 0 saturated carbocycles. The molecule has 1 aromatic rings. The van der Waals surface area contributed by atoms with Crippen LogP contribution >= 0.6 is 0 Å². The predicted molar refractivity (Wildman–Crippen MR) is 63.7 cm³/mol. The molecule has 1 heterocycles. The number of benzene rings is 1. The zero-order chi connectivity index (χ0) is 12.4. The molecule has 0 amide bonds. The molecule has 0 spiro atoms. The van der Waals surface area contributed by atoms with Crippen molar-refractivity contribution in [3.8, 4) is 0 Å². The highest BCUT2D eigenvalue weighted by Gasteiger charge is 2.22. The highest BCUT2D eigenvalue weighted by molar-refractivity contribution is 5.44. The molecule has 0 radical (unpaired) electrons. The molecule has 1 fully saturated rings. The van der Waals surface area contributed by atoms with E-state index >= 15 is 0 Å². The molecule has 1 atom stereocenters. The predicted octanol–water partition coefficient (Wildman–Crippen LogP) is 1.47. The van der Waals surface area contributed by atoms with Crippen LogP contribution in [0, 0.1) is 17.0 Å². The number of aliphatic hydroxyl groups excluding tert-OH is 1. The van der Waals surface area contributed by atoms with Crippen molar-refractivity contribution in [3.05, 3.63) is 39.4 Å². The first-order valence-electron chi connectivity index (χ1n) is 5.71. The van der Waals surface area contributed by atoms with E-state index in [1.165, 1.54) is 6.07 Å². The van der Waals surface area contributed by atoms with E-state index in [1.807, 2.05) is 6.07 Å². The second-order valence-electron chi connectivity index (χ2n) is 4.50. The lowest BCUT2D eigenvalue weighted by molar-refractivity contribution is -0.385. The summed E-state index contributed by atoms with van der Waals surface area (Å²) < 4.78 is 0. The number of β-amino-alcohol motifs (C(OH)–C–C–N with tert-alkyl or cyclic N) is 1. The number of aliphatic hydroxyl groups is 1. The van der Waals surface area contributed by atoms with Gasteiger partial charge in [-0.25, -0.2) is 0 Å². The minimum atomic E-state index is -0.350. The van der Waals surface area contributed by atoms with Crippen LogP contribution in [0.25, 0.3) is 0 Å². The van der Waals surface area contributed by atoms with Crippen LogP contribution < -0.4 is 0 Å². The molecular weight excluding hydrogens is 220 g/mol. The van der Waals surface area contributed by atoms with Gasteiger partial charge in [0.15, 0.2) is 0 Å². The Bertz CT molecular complexity index is 434. The quantitative estimate of drug-likeness (QED) is 0.637. The van der Waals surface area contributed by atoms with Gasteiger partial charge in [-0.15, -0.1) is 0 Å². The van der Waals surface area contributed by atoms with Crippen molar-refractivity contribution in [1.29, 1.82) is 0 Å². The van der Waals surface area contributed by atoms with Crippen LogP contribution in [0.15, 0.2) is 18.2 Å². The molecule has 17 heavy (non-hydrogen) atoms. The minimum absolute atomic E-state index is 0.169. The molecule has 1 aliphatic rings. The highest BCUT2D eigenvalue weighted by Crippen LogP contribution is 2.23. The Morgan fingerprint density at radius 1 is 1.59 bits per heavy atom. The summed E-state index contributed by atoms with van der Waals surface area (Å²) in [5, 5.41) is 20.3. The number of hydrogen-bond donors (Lipinski definition) is 1. The maximum absolute atomic E-state index is 10.8. The molecule has 2 rings (SSSR count). The Hall–Kier alpha value is -1.46. The first kappa shape index (κ1) is 12.0. The molecular formula is C12H16N2O3. The van der Waals surface area contributed by atoms with Gasteiger partial charge in [-0.1, -0.05) is 12.1 Å². The Labute approximate surface area is 99.8 Å². The summed E-state index contributed by atoms with van der Waals surface area (Å²) in [6, 6.07) is 5.15. The van der Waals surface area contributed by atoms with E-state index in [1.54, 1.807) is 13.0 Å². The topological polar surface area (TPSA) is 66.6 Å². The molecule has 1 N–H and O–H groups in total. The van der Waals surface area contributed by atoms with Gasteiger partial charge in [0.25, 0.3) is 5.69 Å². The van der Waals surface area contributed by atoms with E-state index in [9.17, 15) is 15.2 Å². The Kier molecular flexibility index (Phi) is 3.40. The fourth-order valence-electron chi connectivity index (χ4n) is 2.24. The lowest BCUT2D eigenvalue weighted by Crippen LogP contribution is -2.22. The van der Waals surface area contributed by atoms with Crippen LogP contribution in [-0.2, 0) is 6.54 Å². The lowest BCUT2D eigenvalue weighted by Gasteiger charge is -2.16. The first-order chi connectivity index (χ1) is 8.08. The van der Waals surface area contributed by atoms with Gasteiger partial charge >= 0.3 is 0 Å². The fraction of sp³-hybridized carbons (Fsp3) is 0.500. The average Bonchev–Trinajstić information content (AvgIpc) is 2.67.